The molecule has 1 N–H and O–H groups in total. The van der Waals surface area contributed by atoms with Crippen LogP contribution in [0.2, 0.25) is 0 Å². The van der Waals surface area contributed by atoms with Crippen LogP contribution in [0.25, 0.3) is 0 Å². The molecule has 1 rings (SSSR count). The van der Waals surface area contributed by atoms with Crippen LogP contribution in [0.15, 0.2) is 27.6 Å². The number of benzene rings is 1. The summed E-state index contributed by atoms with van der Waals surface area (Å²) >= 11 is 3.04. The van der Waals surface area contributed by atoms with Crippen molar-refractivity contribution in [1.29, 1.82) is 0 Å². The SMILES string of the molecule is CCOC(C)(C)CNS(=O)(=O)c1ccc(F)cc1Br. The standard InChI is InChI=1S/C12H17BrFNO3S/c1-4-18-12(2,3)8-15-19(16,17)11-6-5-9(14)7-10(11)13/h5-7,15H,4,8H2,1-3H3. The zero-order chi connectivity index (χ0) is 14.7. The fraction of sp³-hybridized carbons (Fsp3) is 0.500. The van der Waals surface area contributed by atoms with Crippen molar-refractivity contribution in [3.63, 3.8) is 0 Å². The first-order valence-electron chi connectivity index (χ1n) is 5.76. The molecule has 0 amide bonds. The second kappa shape index (κ2) is 6.30. The van der Waals surface area contributed by atoms with E-state index in [-0.39, 0.29) is 15.9 Å². The van der Waals surface area contributed by atoms with Gasteiger partial charge in [-0.25, -0.2) is 17.5 Å². The molecular formula is C12H17BrFNO3S. The summed E-state index contributed by atoms with van der Waals surface area (Å²) in [5.74, 6) is -0.500. The molecule has 0 aromatic heterocycles. The minimum Gasteiger partial charge on any atom is -0.375 e. The zero-order valence-corrected chi connectivity index (χ0v) is 13.4. The maximum Gasteiger partial charge on any atom is 0.241 e. The van der Waals surface area contributed by atoms with E-state index in [1.54, 1.807) is 13.8 Å². The van der Waals surface area contributed by atoms with E-state index in [2.05, 4.69) is 20.7 Å². The van der Waals surface area contributed by atoms with Gasteiger partial charge in [0.25, 0.3) is 0 Å². The van der Waals surface area contributed by atoms with Gasteiger partial charge in [-0.2, -0.15) is 0 Å². The first kappa shape index (κ1) is 16.6. The van der Waals surface area contributed by atoms with E-state index in [0.29, 0.717) is 6.61 Å². The number of ether oxygens (including phenoxy) is 1. The van der Waals surface area contributed by atoms with Gasteiger partial charge in [-0.1, -0.05) is 0 Å². The van der Waals surface area contributed by atoms with Crippen LogP contribution in [-0.2, 0) is 14.8 Å². The first-order valence-corrected chi connectivity index (χ1v) is 8.04. The maximum atomic E-state index is 12.9. The number of hydrogen-bond acceptors (Lipinski definition) is 3. The molecule has 0 saturated heterocycles. The van der Waals surface area contributed by atoms with Crippen molar-refractivity contribution in [3.8, 4) is 0 Å². The Hall–Kier alpha value is -0.500. The Bertz CT molecular complexity index is 546. The van der Waals surface area contributed by atoms with Gasteiger partial charge in [0.2, 0.25) is 10.0 Å². The average Bonchev–Trinajstić information content (AvgIpc) is 2.26. The summed E-state index contributed by atoms with van der Waals surface area (Å²) in [5, 5.41) is 0. The van der Waals surface area contributed by atoms with Gasteiger partial charge < -0.3 is 4.74 Å². The summed E-state index contributed by atoms with van der Waals surface area (Å²) < 4.78 is 45.2. The van der Waals surface area contributed by atoms with E-state index < -0.39 is 21.4 Å². The highest BCUT2D eigenvalue weighted by Crippen LogP contribution is 2.23. The molecule has 0 aliphatic heterocycles. The third-order valence-corrected chi connectivity index (χ3v) is 4.78. The van der Waals surface area contributed by atoms with Gasteiger partial charge in [-0.15, -0.1) is 0 Å². The highest BCUT2D eigenvalue weighted by Gasteiger charge is 2.24. The number of rotatable bonds is 6. The average molecular weight is 354 g/mol. The summed E-state index contributed by atoms with van der Waals surface area (Å²) in [6.45, 7) is 6.05. The summed E-state index contributed by atoms with van der Waals surface area (Å²) in [6.07, 6.45) is 0. The summed E-state index contributed by atoms with van der Waals surface area (Å²) in [5.41, 5.74) is -0.603. The topological polar surface area (TPSA) is 55.4 Å². The minimum absolute atomic E-state index is 0.00111. The lowest BCUT2D eigenvalue weighted by atomic mass is 10.1. The molecule has 0 aliphatic carbocycles. The molecule has 0 spiro atoms. The Morgan fingerprint density at radius 3 is 2.58 bits per heavy atom. The summed E-state index contributed by atoms with van der Waals surface area (Å²) in [4.78, 5) is 0.00111. The molecule has 0 aliphatic rings. The number of hydrogen-bond donors (Lipinski definition) is 1. The number of sulfonamides is 1. The molecule has 0 saturated carbocycles. The van der Waals surface area contributed by atoms with Crippen molar-refractivity contribution >= 4 is 26.0 Å². The zero-order valence-electron chi connectivity index (χ0n) is 11.0. The normalized spacial score (nSPS) is 12.7. The van der Waals surface area contributed by atoms with Crippen molar-refractivity contribution in [1.82, 2.24) is 4.72 Å². The van der Waals surface area contributed by atoms with Crippen LogP contribution in [0.4, 0.5) is 4.39 Å². The minimum atomic E-state index is -3.70. The fourth-order valence-electron chi connectivity index (χ4n) is 1.48. The van der Waals surface area contributed by atoms with Crippen LogP contribution in [-0.4, -0.2) is 27.2 Å². The van der Waals surface area contributed by atoms with E-state index in [0.717, 1.165) is 12.1 Å². The molecule has 0 fully saturated rings. The van der Waals surface area contributed by atoms with Gasteiger partial charge in [-0.05, 0) is 54.9 Å². The first-order chi connectivity index (χ1) is 8.68. The van der Waals surface area contributed by atoms with E-state index >= 15 is 0 Å². The van der Waals surface area contributed by atoms with Gasteiger partial charge in [-0.3, -0.25) is 0 Å². The molecular weight excluding hydrogens is 337 g/mol. The third-order valence-electron chi connectivity index (χ3n) is 2.41. The van der Waals surface area contributed by atoms with Gasteiger partial charge in [0.15, 0.2) is 0 Å². The lowest BCUT2D eigenvalue weighted by molar-refractivity contribution is -0.00515. The van der Waals surface area contributed by atoms with Crippen LogP contribution >= 0.6 is 15.9 Å². The highest BCUT2D eigenvalue weighted by atomic mass is 79.9. The van der Waals surface area contributed by atoms with Crippen molar-refractivity contribution in [2.24, 2.45) is 0 Å². The summed E-state index contributed by atoms with van der Waals surface area (Å²) in [7, 11) is -3.70. The predicted molar refractivity (Wildman–Crippen MR) is 75.0 cm³/mol. The van der Waals surface area contributed by atoms with Crippen LogP contribution in [0.5, 0.6) is 0 Å². The van der Waals surface area contributed by atoms with E-state index in [1.165, 1.54) is 6.07 Å². The smallest absolute Gasteiger partial charge is 0.241 e. The van der Waals surface area contributed by atoms with Crippen LogP contribution < -0.4 is 4.72 Å². The van der Waals surface area contributed by atoms with Crippen molar-refractivity contribution < 1.29 is 17.5 Å². The molecule has 7 heteroatoms. The van der Waals surface area contributed by atoms with Gasteiger partial charge >= 0.3 is 0 Å². The Morgan fingerprint density at radius 2 is 2.05 bits per heavy atom. The highest BCUT2D eigenvalue weighted by molar-refractivity contribution is 9.10. The number of halogens is 2. The molecule has 4 nitrogen and oxygen atoms in total. The fourth-order valence-corrected chi connectivity index (χ4v) is 3.73. The molecule has 19 heavy (non-hydrogen) atoms. The molecule has 108 valence electrons. The Balaban J connectivity index is 2.87. The monoisotopic (exact) mass is 353 g/mol. The van der Waals surface area contributed by atoms with Crippen molar-refractivity contribution in [3.05, 3.63) is 28.5 Å². The number of nitrogens with one attached hydrogen (secondary N) is 1. The van der Waals surface area contributed by atoms with Gasteiger partial charge in [0.1, 0.15) is 5.82 Å². The van der Waals surface area contributed by atoms with Gasteiger partial charge in [0, 0.05) is 17.6 Å². The predicted octanol–water partition coefficient (Wildman–Crippen LogP) is 2.68. The maximum absolute atomic E-state index is 12.9. The van der Waals surface area contributed by atoms with E-state index in [1.807, 2.05) is 6.92 Å². The van der Waals surface area contributed by atoms with Gasteiger partial charge in [0.05, 0.1) is 10.5 Å². The summed E-state index contributed by atoms with van der Waals surface area (Å²) in [6, 6.07) is 3.44. The molecule has 0 radical (unpaired) electrons. The van der Waals surface area contributed by atoms with Crippen molar-refractivity contribution in [2.45, 2.75) is 31.3 Å². The second-order valence-corrected chi connectivity index (χ2v) is 7.18. The Labute approximate surface area is 121 Å². The van der Waals surface area contributed by atoms with E-state index in [9.17, 15) is 12.8 Å². The molecule has 1 aromatic carbocycles. The lowest BCUT2D eigenvalue weighted by Gasteiger charge is -2.24. The Kier molecular flexibility index (Phi) is 5.49. The van der Waals surface area contributed by atoms with Crippen molar-refractivity contribution in [2.75, 3.05) is 13.2 Å². The molecule has 0 heterocycles. The quantitative estimate of drug-likeness (QED) is 0.855. The van der Waals surface area contributed by atoms with Crippen LogP contribution in [0, 0.1) is 5.82 Å². The molecule has 0 unspecified atom stereocenters. The molecule has 1 aromatic rings. The van der Waals surface area contributed by atoms with Crippen LogP contribution in [0.3, 0.4) is 0 Å². The Morgan fingerprint density at radius 1 is 1.42 bits per heavy atom. The lowest BCUT2D eigenvalue weighted by Crippen LogP contribution is -2.40. The molecule has 0 atom stereocenters. The van der Waals surface area contributed by atoms with E-state index in [4.69, 9.17) is 4.74 Å². The largest absolute Gasteiger partial charge is 0.375 e. The third kappa shape index (κ3) is 4.83. The van der Waals surface area contributed by atoms with Crippen LogP contribution in [0.1, 0.15) is 20.8 Å². The second-order valence-electron chi connectivity index (χ2n) is 4.59. The molecule has 0 bridgehead atoms.